The van der Waals surface area contributed by atoms with Gasteiger partial charge >= 0.3 is 0 Å². The van der Waals surface area contributed by atoms with Gasteiger partial charge in [0.2, 0.25) is 5.91 Å². The van der Waals surface area contributed by atoms with Gasteiger partial charge in [-0.25, -0.2) is 15.0 Å². The van der Waals surface area contributed by atoms with Crippen LogP contribution >= 0.6 is 23.1 Å². The molecule has 0 fully saturated rings. The lowest BCUT2D eigenvalue weighted by atomic mass is 10.1. The molecule has 24 heavy (non-hydrogen) atoms. The van der Waals surface area contributed by atoms with Crippen LogP contribution in [-0.4, -0.2) is 31.5 Å². The molecular weight excluding hydrogens is 342 g/mol. The van der Waals surface area contributed by atoms with Crippen LogP contribution in [0.1, 0.15) is 29.1 Å². The van der Waals surface area contributed by atoms with Crippen LogP contribution in [0.25, 0.3) is 4.96 Å². The molecule has 0 aliphatic carbocycles. The van der Waals surface area contributed by atoms with Gasteiger partial charge in [0, 0.05) is 35.6 Å². The Morgan fingerprint density at radius 2 is 2.04 bits per heavy atom. The summed E-state index contributed by atoms with van der Waals surface area (Å²) in [6.45, 7) is 4.39. The summed E-state index contributed by atoms with van der Waals surface area (Å²) < 4.78 is 1.96. The number of imidazole rings is 1. The Labute approximate surface area is 148 Å². The molecule has 0 aliphatic rings. The molecule has 8 heteroatoms. The van der Waals surface area contributed by atoms with Gasteiger partial charge in [-0.15, -0.1) is 11.3 Å². The second-order valence-corrected chi connectivity index (χ2v) is 7.11. The molecule has 0 aliphatic heterocycles. The monoisotopic (exact) mass is 361 g/mol. The average Bonchev–Trinajstić information content (AvgIpc) is 3.13. The number of hydrogen-bond acceptors (Lipinski definition) is 6. The van der Waals surface area contributed by atoms with Gasteiger partial charge < -0.3 is 5.32 Å². The number of aromatic nitrogens is 4. The van der Waals surface area contributed by atoms with Crippen LogP contribution < -0.4 is 5.32 Å². The lowest BCUT2D eigenvalue weighted by Gasteiger charge is -2.10. The van der Waals surface area contributed by atoms with Crippen LogP contribution in [-0.2, 0) is 17.8 Å². The highest BCUT2D eigenvalue weighted by Gasteiger charge is 2.11. The first-order chi connectivity index (χ1) is 11.6. The van der Waals surface area contributed by atoms with Crippen molar-refractivity contribution >= 4 is 34.0 Å². The lowest BCUT2D eigenvalue weighted by molar-refractivity contribution is -0.121. The quantitative estimate of drug-likeness (QED) is 0.540. The summed E-state index contributed by atoms with van der Waals surface area (Å²) in [6.07, 6.45) is 6.93. The Morgan fingerprint density at radius 3 is 2.71 bits per heavy atom. The maximum Gasteiger partial charge on any atom is 0.220 e. The first-order valence-corrected chi connectivity index (χ1v) is 9.73. The summed E-state index contributed by atoms with van der Waals surface area (Å²) in [6, 6.07) is 0. The maximum atomic E-state index is 12.1. The third-order valence-corrected chi connectivity index (χ3v) is 5.11. The molecule has 0 saturated carbocycles. The highest BCUT2D eigenvalue weighted by Crippen LogP contribution is 2.17. The minimum absolute atomic E-state index is 0.0131. The topological polar surface area (TPSA) is 72.2 Å². The number of amides is 1. The van der Waals surface area contributed by atoms with Gasteiger partial charge in [0.25, 0.3) is 0 Å². The summed E-state index contributed by atoms with van der Waals surface area (Å²) in [5.41, 5.74) is 3.84. The zero-order chi connectivity index (χ0) is 17.1. The van der Waals surface area contributed by atoms with E-state index in [9.17, 15) is 4.79 Å². The molecule has 3 rings (SSSR count). The number of nitrogens with one attached hydrogen (secondary N) is 1. The van der Waals surface area contributed by atoms with Crippen molar-refractivity contribution in [2.24, 2.45) is 0 Å². The number of carbonyl (C=O) groups is 1. The van der Waals surface area contributed by atoms with Crippen LogP contribution in [0.15, 0.2) is 22.9 Å². The standard InChI is InChI=1S/C16H19N5OS2/c1-10-13(11(2)19-15(18-10)23-3)4-5-14(22)17-8-12-9-21-6-7-24-16(21)20-12/h6-7,9H,4-5,8H2,1-3H3,(H,17,22). The molecule has 0 spiro atoms. The van der Waals surface area contributed by atoms with Gasteiger partial charge in [-0.3, -0.25) is 9.20 Å². The number of carbonyl (C=O) groups excluding carboxylic acids is 1. The summed E-state index contributed by atoms with van der Waals surface area (Å²) in [4.78, 5) is 26.4. The Kier molecular flexibility index (Phi) is 5.15. The van der Waals surface area contributed by atoms with Crippen molar-refractivity contribution in [3.63, 3.8) is 0 Å². The molecule has 0 saturated heterocycles. The van der Waals surface area contributed by atoms with Crippen molar-refractivity contribution in [2.75, 3.05) is 6.26 Å². The minimum atomic E-state index is 0.0131. The maximum absolute atomic E-state index is 12.1. The van der Waals surface area contributed by atoms with E-state index >= 15 is 0 Å². The zero-order valence-corrected chi connectivity index (χ0v) is 15.5. The van der Waals surface area contributed by atoms with Gasteiger partial charge in [0.05, 0.1) is 12.2 Å². The Morgan fingerprint density at radius 1 is 1.29 bits per heavy atom. The largest absolute Gasteiger partial charge is 0.350 e. The summed E-state index contributed by atoms with van der Waals surface area (Å²) in [5.74, 6) is 0.0131. The number of thiazole rings is 1. The highest BCUT2D eigenvalue weighted by atomic mass is 32.2. The molecule has 0 bridgehead atoms. The minimum Gasteiger partial charge on any atom is -0.350 e. The molecule has 1 amide bonds. The summed E-state index contributed by atoms with van der Waals surface area (Å²) in [7, 11) is 0. The number of rotatable bonds is 6. The van der Waals surface area contributed by atoms with E-state index < -0.39 is 0 Å². The number of fused-ring (bicyclic) bond motifs is 1. The molecule has 6 nitrogen and oxygen atoms in total. The van der Waals surface area contributed by atoms with E-state index in [1.165, 1.54) is 11.8 Å². The number of thioether (sulfide) groups is 1. The predicted molar refractivity (Wildman–Crippen MR) is 96.5 cm³/mol. The van der Waals surface area contributed by atoms with E-state index in [0.29, 0.717) is 19.4 Å². The van der Waals surface area contributed by atoms with Gasteiger partial charge in [0.15, 0.2) is 10.1 Å². The molecule has 3 aromatic heterocycles. The molecule has 0 unspecified atom stereocenters. The number of hydrogen-bond donors (Lipinski definition) is 1. The van der Waals surface area contributed by atoms with Crippen LogP contribution in [0.5, 0.6) is 0 Å². The van der Waals surface area contributed by atoms with Crippen molar-refractivity contribution < 1.29 is 4.79 Å². The smallest absolute Gasteiger partial charge is 0.220 e. The van der Waals surface area contributed by atoms with Crippen molar-refractivity contribution in [2.45, 2.75) is 38.4 Å². The van der Waals surface area contributed by atoms with E-state index in [4.69, 9.17) is 0 Å². The van der Waals surface area contributed by atoms with E-state index in [2.05, 4.69) is 20.3 Å². The molecule has 126 valence electrons. The van der Waals surface area contributed by atoms with Crippen LogP contribution in [0, 0.1) is 13.8 Å². The van der Waals surface area contributed by atoms with Crippen molar-refractivity contribution in [1.82, 2.24) is 24.7 Å². The molecule has 1 N–H and O–H groups in total. The SMILES string of the molecule is CSc1nc(C)c(CCC(=O)NCc2cn3ccsc3n2)c(C)n1. The third kappa shape index (κ3) is 3.76. The van der Waals surface area contributed by atoms with Crippen molar-refractivity contribution in [3.8, 4) is 0 Å². The first kappa shape index (κ1) is 16.9. The normalized spacial score (nSPS) is 11.1. The predicted octanol–water partition coefficient (Wildman–Crippen LogP) is 2.77. The van der Waals surface area contributed by atoms with E-state index in [0.717, 1.165) is 32.8 Å². The van der Waals surface area contributed by atoms with E-state index in [1.54, 1.807) is 11.3 Å². The van der Waals surface area contributed by atoms with Gasteiger partial charge in [-0.2, -0.15) is 0 Å². The molecular formula is C16H19N5OS2. The van der Waals surface area contributed by atoms with E-state index in [1.807, 2.05) is 42.3 Å². The van der Waals surface area contributed by atoms with Crippen LogP contribution in [0.4, 0.5) is 0 Å². The molecule has 0 atom stereocenters. The fraction of sp³-hybridized carbons (Fsp3) is 0.375. The zero-order valence-electron chi connectivity index (χ0n) is 13.9. The second kappa shape index (κ2) is 7.31. The summed E-state index contributed by atoms with van der Waals surface area (Å²) >= 11 is 3.11. The second-order valence-electron chi connectivity index (χ2n) is 5.46. The fourth-order valence-corrected chi connectivity index (χ4v) is 3.71. The van der Waals surface area contributed by atoms with Gasteiger partial charge in [0.1, 0.15) is 0 Å². The van der Waals surface area contributed by atoms with Crippen LogP contribution in [0.2, 0.25) is 0 Å². The van der Waals surface area contributed by atoms with Crippen molar-refractivity contribution in [1.29, 1.82) is 0 Å². The van der Waals surface area contributed by atoms with Crippen LogP contribution in [0.3, 0.4) is 0 Å². The summed E-state index contributed by atoms with van der Waals surface area (Å²) in [5, 5.41) is 5.69. The van der Waals surface area contributed by atoms with Gasteiger partial charge in [-0.1, -0.05) is 11.8 Å². The third-order valence-electron chi connectivity index (χ3n) is 3.79. The Balaban J connectivity index is 1.55. The fourth-order valence-electron chi connectivity index (χ4n) is 2.54. The lowest BCUT2D eigenvalue weighted by Crippen LogP contribution is -2.23. The van der Waals surface area contributed by atoms with Crippen molar-refractivity contribution in [3.05, 3.63) is 40.4 Å². The Bertz CT molecular complexity index is 819. The Hall–Kier alpha value is -1.93. The molecule has 3 aromatic rings. The number of nitrogens with zero attached hydrogens (tertiary/aromatic N) is 4. The molecule has 0 radical (unpaired) electrons. The average molecular weight is 361 g/mol. The molecule has 3 heterocycles. The number of aryl methyl sites for hydroxylation is 2. The first-order valence-electron chi connectivity index (χ1n) is 7.62. The highest BCUT2D eigenvalue weighted by molar-refractivity contribution is 7.98. The van der Waals surface area contributed by atoms with Gasteiger partial charge in [-0.05, 0) is 32.1 Å². The molecule has 0 aromatic carbocycles. The van der Waals surface area contributed by atoms with E-state index in [-0.39, 0.29) is 5.91 Å².